The van der Waals surface area contributed by atoms with Crippen molar-refractivity contribution in [3.63, 3.8) is 0 Å². The van der Waals surface area contributed by atoms with Crippen LogP contribution in [0.1, 0.15) is 10.4 Å². The first-order valence-corrected chi connectivity index (χ1v) is 6.64. The molecule has 1 aromatic rings. The van der Waals surface area contributed by atoms with Gasteiger partial charge in [-0.05, 0) is 18.2 Å². The summed E-state index contributed by atoms with van der Waals surface area (Å²) in [5, 5.41) is 0. The van der Waals surface area contributed by atoms with Crippen molar-refractivity contribution in [1.82, 2.24) is 9.80 Å². The van der Waals surface area contributed by atoms with E-state index in [0.717, 1.165) is 0 Å². The molecule has 1 fully saturated rings. The van der Waals surface area contributed by atoms with Gasteiger partial charge >= 0.3 is 0 Å². The smallest absolute Gasteiger partial charge is 0.257 e. The van der Waals surface area contributed by atoms with Gasteiger partial charge in [0.15, 0.2) is 0 Å². The van der Waals surface area contributed by atoms with E-state index >= 15 is 0 Å². The van der Waals surface area contributed by atoms with Crippen LogP contribution in [0.5, 0.6) is 0 Å². The van der Waals surface area contributed by atoms with Crippen molar-refractivity contribution < 1.29 is 18.7 Å². The molecular formula is C14H18FN3O3. The molecule has 0 unspecified atom stereocenters. The van der Waals surface area contributed by atoms with Crippen LogP contribution in [0.3, 0.4) is 0 Å². The van der Waals surface area contributed by atoms with Gasteiger partial charge in [-0.3, -0.25) is 9.59 Å². The quantitative estimate of drug-likeness (QED) is 0.816. The van der Waals surface area contributed by atoms with Crippen molar-refractivity contribution >= 4 is 17.5 Å². The average Bonchev–Trinajstić information content (AvgIpc) is 2.49. The summed E-state index contributed by atoms with van der Waals surface area (Å²) in [4.78, 5) is 27.1. The Morgan fingerprint density at radius 1 is 1.24 bits per heavy atom. The fourth-order valence-corrected chi connectivity index (χ4v) is 2.25. The van der Waals surface area contributed by atoms with Gasteiger partial charge in [0.05, 0.1) is 5.56 Å². The number of piperazine rings is 1. The molecular weight excluding hydrogens is 277 g/mol. The molecule has 0 aromatic heterocycles. The van der Waals surface area contributed by atoms with E-state index in [9.17, 15) is 14.0 Å². The van der Waals surface area contributed by atoms with Crippen molar-refractivity contribution in [3.8, 4) is 0 Å². The zero-order valence-electron chi connectivity index (χ0n) is 11.8. The number of ether oxygens (including phenoxy) is 1. The summed E-state index contributed by atoms with van der Waals surface area (Å²) in [5.41, 5.74) is 5.89. The molecule has 2 amide bonds. The third-order valence-electron chi connectivity index (χ3n) is 3.41. The number of amides is 2. The molecule has 21 heavy (non-hydrogen) atoms. The van der Waals surface area contributed by atoms with Gasteiger partial charge < -0.3 is 20.3 Å². The number of nitrogens with two attached hydrogens (primary N) is 1. The maximum absolute atomic E-state index is 13.7. The lowest BCUT2D eigenvalue weighted by atomic mass is 10.1. The monoisotopic (exact) mass is 295 g/mol. The van der Waals surface area contributed by atoms with Gasteiger partial charge in [0, 0.05) is 39.0 Å². The van der Waals surface area contributed by atoms with Crippen LogP contribution in [0, 0.1) is 5.82 Å². The minimum absolute atomic E-state index is 0.0256. The Hall–Kier alpha value is -2.15. The predicted molar refractivity (Wildman–Crippen MR) is 75.2 cm³/mol. The molecule has 1 heterocycles. The van der Waals surface area contributed by atoms with Crippen LogP contribution in [0.2, 0.25) is 0 Å². The van der Waals surface area contributed by atoms with E-state index in [0.29, 0.717) is 31.9 Å². The Balaban J connectivity index is 2.00. The van der Waals surface area contributed by atoms with Gasteiger partial charge in [0.1, 0.15) is 12.4 Å². The highest BCUT2D eigenvalue weighted by atomic mass is 19.1. The maximum atomic E-state index is 13.7. The van der Waals surface area contributed by atoms with Gasteiger partial charge in [-0.25, -0.2) is 4.39 Å². The minimum Gasteiger partial charge on any atom is -0.399 e. The molecule has 114 valence electrons. The Morgan fingerprint density at radius 2 is 1.86 bits per heavy atom. The fraction of sp³-hybridized carbons (Fsp3) is 0.429. The number of halogens is 1. The summed E-state index contributed by atoms with van der Waals surface area (Å²) in [6.07, 6.45) is 0. The molecule has 2 N–H and O–H groups in total. The van der Waals surface area contributed by atoms with Crippen LogP contribution in [0.4, 0.5) is 10.1 Å². The standard InChI is InChI=1S/C14H18FN3O3/c1-21-9-13(19)17-4-6-18(7-5-17)14(20)11-8-10(16)2-3-12(11)15/h2-3,8H,4-7,9,16H2,1H3. The number of methoxy groups -OCH3 is 1. The Kier molecular flexibility index (Phi) is 4.74. The van der Waals surface area contributed by atoms with Gasteiger partial charge in [-0.1, -0.05) is 0 Å². The molecule has 0 spiro atoms. The summed E-state index contributed by atoms with van der Waals surface area (Å²) in [6, 6.07) is 3.93. The fourth-order valence-electron chi connectivity index (χ4n) is 2.25. The van der Waals surface area contributed by atoms with E-state index < -0.39 is 11.7 Å². The number of carbonyl (C=O) groups is 2. The highest BCUT2D eigenvalue weighted by Crippen LogP contribution is 2.16. The van der Waals surface area contributed by atoms with Crippen LogP contribution in [0.15, 0.2) is 18.2 Å². The minimum atomic E-state index is -0.591. The van der Waals surface area contributed by atoms with E-state index in [2.05, 4.69) is 0 Å². The van der Waals surface area contributed by atoms with Crippen LogP contribution >= 0.6 is 0 Å². The van der Waals surface area contributed by atoms with Crippen molar-refractivity contribution in [1.29, 1.82) is 0 Å². The topological polar surface area (TPSA) is 75.9 Å². The van der Waals surface area contributed by atoms with Crippen LogP contribution in [-0.4, -0.2) is 61.5 Å². The molecule has 1 aliphatic rings. The molecule has 7 heteroatoms. The normalized spacial score (nSPS) is 15.1. The number of hydrogen-bond acceptors (Lipinski definition) is 4. The second-order valence-corrected chi connectivity index (χ2v) is 4.85. The molecule has 0 bridgehead atoms. The first kappa shape index (κ1) is 15.2. The predicted octanol–water partition coefficient (Wildman–Crippen LogP) is 0.339. The molecule has 1 aliphatic heterocycles. The van der Waals surface area contributed by atoms with Crippen LogP contribution in [-0.2, 0) is 9.53 Å². The molecule has 6 nitrogen and oxygen atoms in total. The van der Waals surface area contributed by atoms with E-state index in [1.54, 1.807) is 4.90 Å². The summed E-state index contributed by atoms with van der Waals surface area (Å²) < 4.78 is 18.5. The molecule has 0 radical (unpaired) electrons. The maximum Gasteiger partial charge on any atom is 0.257 e. The van der Waals surface area contributed by atoms with Gasteiger partial charge in [0.25, 0.3) is 5.91 Å². The number of nitrogen functional groups attached to an aromatic ring is 1. The lowest BCUT2D eigenvalue weighted by Crippen LogP contribution is -2.51. The highest BCUT2D eigenvalue weighted by molar-refractivity contribution is 5.95. The van der Waals surface area contributed by atoms with Crippen molar-refractivity contribution in [2.24, 2.45) is 0 Å². The SMILES string of the molecule is COCC(=O)N1CCN(C(=O)c2cc(N)ccc2F)CC1. The Bertz CT molecular complexity index is 542. The molecule has 1 saturated heterocycles. The van der Waals surface area contributed by atoms with E-state index in [1.165, 1.54) is 30.2 Å². The Morgan fingerprint density at radius 3 is 2.48 bits per heavy atom. The molecule has 0 atom stereocenters. The second-order valence-electron chi connectivity index (χ2n) is 4.85. The number of carbonyl (C=O) groups excluding carboxylic acids is 2. The number of hydrogen-bond donors (Lipinski definition) is 1. The first-order valence-electron chi connectivity index (χ1n) is 6.64. The van der Waals surface area contributed by atoms with Crippen molar-refractivity contribution in [2.75, 3.05) is 45.6 Å². The summed E-state index contributed by atoms with van der Waals surface area (Å²) >= 11 is 0. The third-order valence-corrected chi connectivity index (χ3v) is 3.41. The van der Waals surface area contributed by atoms with Crippen LogP contribution < -0.4 is 5.73 Å². The van der Waals surface area contributed by atoms with E-state index in [4.69, 9.17) is 10.5 Å². The molecule has 0 saturated carbocycles. The highest BCUT2D eigenvalue weighted by Gasteiger charge is 2.26. The van der Waals surface area contributed by atoms with E-state index in [-0.39, 0.29) is 18.1 Å². The molecule has 2 rings (SSSR count). The summed E-state index contributed by atoms with van der Waals surface area (Å²) in [7, 11) is 1.46. The average molecular weight is 295 g/mol. The van der Waals surface area contributed by atoms with Crippen molar-refractivity contribution in [3.05, 3.63) is 29.6 Å². The largest absolute Gasteiger partial charge is 0.399 e. The third kappa shape index (κ3) is 3.49. The van der Waals surface area contributed by atoms with Gasteiger partial charge in [0.2, 0.25) is 5.91 Å². The van der Waals surface area contributed by atoms with Gasteiger partial charge in [-0.15, -0.1) is 0 Å². The lowest BCUT2D eigenvalue weighted by Gasteiger charge is -2.34. The van der Waals surface area contributed by atoms with Gasteiger partial charge in [-0.2, -0.15) is 0 Å². The second kappa shape index (κ2) is 6.53. The lowest BCUT2D eigenvalue weighted by molar-refractivity contribution is -0.136. The number of rotatable bonds is 3. The molecule has 1 aromatic carbocycles. The summed E-state index contributed by atoms with van der Waals surface area (Å²) in [5.74, 6) is -1.11. The zero-order valence-corrected chi connectivity index (χ0v) is 11.8. The number of anilines is 1. The number of nitrogens with zero attached hydrogens (tertiary/aromatic N) is 2. The van der Waals surface area contributed by atoms with E-state index in [1.807, 2.05) is 0 Å². The Labute approximate surface area is 122 Å². The first-order chi connectivity index (χ1) is 10.0. The van der Waals surface area contributed by atoms with Crippen LogP contribution in [0.25, 0.3) is 0 Å². The summed E-state index contributed by atoms with van der Waals surface area (Å²) in [6.45, 7) is 1.58. The number of benzene rings is 1. The van der Waals surface area contributed by atoms with Crippen molar-refractivity contribution in [2.45, 2.75) is 0 Å². The molecule has 0 aliphatic carbocycles. The zero-order chi connectivity index (χ0) is 15.4.